The van der Waals surface area contributed by atoms with Crippen molar-refractivity contribution < 1.29 is 9.47 Å². The molecule has 0 amide bonds. The molecular formula is C14H17NO2. The maximum atomic E-state index is 9.44. The van der Waals surface area contributed by atoms with Crippen molar-refractivity contribution in [3.05, 3.63) is 35.4 Å². The molecule has 0 heterocycles. The van der Waals surface area contributed by atoms with Gasteiger partial charge in [-0.05, 0) is 12.5 Å². The Hall–Kier alpha value is -1.37. The number of aryl methyl sites for hydroxylation is 1. The molecule has 0 radical (unpaired) electrons. The highest BCUT2D eigenvalue weighted by atomic mass is 16.7. The van der Waals surface area contributed by atoms with Crippen LogP contribution in [0.25, 0.3) is 0 Å². The normalized spacial score (nSPS) is 20.4. The second kappa shape index (κ2) is 4.14. The number of hydrogen-bond acceptors (Lipinski definition) is 3. The van der Waals surface area contributed by atoms with Crippen LogP contribution in [-0.4, -0.2) is 20.0 Å². The summed E-state index contributed by atoms with van der Waals surface area (Å²) in [6.07, 6.45) is 1.18. The van der Waals surface area contributed by atoms with E-state index < -0.39 is 11.2 Å². The molecule has 1 aromatic carbocycles. The Morgan fingerprint density at radius 3 is 2.35 bits per heavy atom. The Bertz CT molecular complexity index is 450. The van der Waals surface area contributed by atoms with Gasteiger partial charge in [-0.3, -0.25) is 0 Å². The van der Waals surface area contributed by atoms with Crippen molar-refractivity contribution in [1.82, 2.24) is 0 Å². The van der Waals surface area contributed by atoms with Crippen LogP contribution in [0.3, 0.4) is 0 Å². The molecule has 0 spiro atoms. The molecule has 0 bridgehead atoms. The highest BCUT2D eigenvalue weighted by molar-refractivity contribution is 5.39. The second-order valence-electron chi connectivity index (χ2n) is 4.74. The SMILES string of the molecule is COC1(OC)CC(C#N)(c2cccc(C)c2)C1. The summed E-state index contributed by atoms with van der Waals surface area (Å²) in [7, 11) is 3.25. The van der Waals surface area contributed by atoms with E-state index in [1.165, 1.54) is 5.56 Å². The van der Waals surface area contributed by atoms with Gasteiger partial charge < -0.3 is 9.47 Å². The first-order valence-electron chi connectivity index (χ1n) is 5.68. The van der Waals surface area contributed by atoms with Gasteiger partial charge >= 0.3 is 0 Å². The lowest BCUT2D eigenvalue weighted by atomic mass is 9.61. The van der Waals surface area contributed by atoms with E-state index >= 15 is 0 Å². The topological polar surface area (TPSA) is 42.2 Å². The monoisotopic (exact) mass is 231 g/mol. The summed E-state index contributed by atoms with van der Waals surface area (Å²) in [4.78, 5) is 0. The predicted molar refractivity (Wildman–Crippen MR) is 64.5 cm³/mol. The van der Waals surface area contributed by atoms with Crippen LogP contribution >= 0.6 is 0 Å². The smallest absolute Gasteiger partial charge is 0.171 e. The fourth-order valence-corrected chi connectivity index (χ4v) is 2.53. The molecule has 0 unspecified atom stereocenters. The quantitative estimate of drug-likeness (QED) is 0.751. The van der Waals surface area contributed by atoms with E-state index in [4.69, 9.17) is 9.47 Å². The molecule has 0 aromatic heterocycles. The number of benzene rings is 1. The molecule has 0 saturated heterocycles. The van der Waals surface area contributed by atoms with E-state index in [1.54, 1.807) is 14.2 Å². The van der Waals surface area contributed by atoms with E-state index in [1.807, 2.05) is 25.1 Å². The molecule has 0 N–H and O–H groups in total. The number of nitrogens with zero attached hydrogens (tertiary/aromatic N) is 1. The molecule has 3 heteroatoms. The van der Waals surface area contributed by atoms with Crippen LogP contribution in [0, 0.1) is 18.3 Å². The van der Waals surface area contributed by atoms with Crippen LogP contribution in [-0.2, 0) is 14.9 Å². The van der Waals surface area contributed by atoms with Gasteiger partial charge in [0.2, 0.25) is 0 Å². The molecular weight excluding hydrogens is 214 g/mol. The number of rotatable bonds is 3. The first kappa shape index (κ1) is 12.1. The van der Waals surface area contributed by atoms with E-state index in [-0.39, 0.29) is 0 Å². The highest BCUT2D eigenvalue weighted by Gasteiger charge is 2.57. The average molecular weight is 231 g/mol. The van der Waals surface area contributed by atoms with Gasteiger partial charge in [0.25, 0.3) is 0 Å². The summed E-state index contributed by atoms with van der Waals surface area (Å²) in [5, 5.41) is 9.44. The van der Waals surface area contributed by atoms with Crippen molar-refractivity contribution in [1.29, 1.82) is 5.26 Å². The molecule has 1 fully saturated rings. The molecule has 1 aliphatic carbocycles. The maximum Gasteiger partial charge on any atom is 0.171 e. The Morgan fingerprint density at radius 2 is 1.88 bits per heavy atom. The first-order valence-corrected chi connectivity index (χ1v) is 5.68. The fourth-order valence-electron chi connectivity index (χ4n) is 2.53. The predicted octanol–water partition coefficient (Wildman–Crippen LogP) is 2.54. The summed E-state index contributed by atoms with van der Waals surface area (Å²) in [5.41, 5.74) is 1.77. The molecule has 1 aromatic rings. The van der Waals surface area contributed by atoms with E-state index in [0.717, 1.165) is 5.56 Å². The van der Waals surface area contributed by atoms with Crippen molar-refractivity contribution >= 4 is 0 Å². The molecule has 90 valence electrons. The molecule has 3 nitrogen and oxygen atoms in total. The Morgan fingerprint density at radius 1 is 1.24 bits per heavy atom. The van der Waals surface area contributed by atoms with Gasteiger partial charge in [-0.15, -0.1) is 0 Å². The highest BCUT2D eigenvalue weighted by Crippen LogP contribution is 2.52. The fraction of sp³-hybridized carbons (Fsp3) is 0.500. The number of methoxy groups -OCH3 is 2. The van der Waals surface area contributed by atoms with Gasteiger partial charge in [0.05, 0.1) is 11.5 Å². The number of hydrogen-bond donors (Lipinski definition) is 0. The summed E-state index contributed by atoms with van der Waals surface area (Å²) in [5.74, 6) is -0.584. The van der Waals surface area contributed by atoms with Crippen molar-refractivity contribution in [3.63, 3.8) is 0 Å². The standard InChI is InChI=1S/C14H17NO2/c1-11-5-4-6-12(7-11)13(10-15)8-14(9-13,16-2)17-3/h4-7H,8-9H2,1-3H3. The van der Waals surface area contributed by atoms with Crippen LogP contribution < -0.4 is 0 Å². The lowest BCUT2D eigenvalue weighted by molar-refractivity contribution is -0.269. The zero-order chi connectivity index (χ0) is 12.5. The third kappa shape index (κ3) is 1.84. The van der Waals surface area contributed by atoms with Crippen LogP contribution in [0.15, 0.2) is 24.3 Å². The lowest BCUT2D eigenvalue weighted by Crippen LogP contribution is -2.56. The van der Waals surface area contributed by atoms with Gasteiger partial charge in [0, 0.05) is 27.1 Å². The largest absolute Gasteiger partial charge is 0.353 e. The average Bonchev–Trinajstić information content (AvgIpc) is 2.30. The molecule has 0 aliphatic heterocycles. The van der Waals surface area contributed by atoms with Gasteiger partial charge in [-0.25, -0.2) is 0 Å². The minimum Gasteiger partial charge on any atom is -0.353 e. The lowest BCUT2D eigenvalue weighted by Gasteiger charge is -2.50. The van der Waals surface area contributed by atoms with Crippen molar-refractivity contribution in [2.24, 2.45) is 0 Å². The first-order chi connectivity index (χ1) is 8.10. The molecule has 1 saturated carbocycles. The third-order valence-corrected chi connectivity index (χ3v) is 3.67. The van der Waals surface area contributed by atoms with Crippen molar-refractivity contribution in [2.45, 2.75) is 31.0 Å². The van der Waals surface area contributed by atoms with Crippen LogP contribution in [0.1, 0.15) is 24.0 Å². The van der Waals surface area contributed by atoms with Gasteiger partial charge in [-0.1, -0.05) is 29.8 Å². The molecule has 17 heavy (non-hydrogen) atoms. The molecule has 1 aliphatic rings. The van der Waals surface area contributed by atoms with Gasteiger partial charge in [0.15, 0.2) is 5.79 Å². The zero-order valence-corrected chi connectivity index (χ0v) is 10.5. The minimum absolute atomic E-state index is 0.460. The summed E-state index contributed by atoms with van der Waals surface area (Å²) in [6.45, 7) is 2.03. The molecule has 0 atom stereocenters. The summed E-state index contributed by atoms with van der Waals surface area (Å²) >= 11 is 0. The van der Waals surface area contributed by atoms with E-state index in [2.05, 4.69) is 12.1 Å². The Balaban J connectivity index is 2.29. The minimum atomic E-state index is -0.584. The third-order valence-electron chi connectivity index (χ3n) is 3.67. The molecule has 2 rings (SSSR count). The van der Waals surface area contributed by atoms with E-state index in [0.29, 0.717) is 12.8 Å². The van der Waals surface area contributed by atoms with Crippen LogP contribution in [0.5, 0.6) is 0 Å². The van der Waals surface area contributed by atoms with Gasteiger partial charge in [-0.2, -0.15) is 5.26 Å². The zero-order valence-electron chi connectivity index (χ0n) is 10.5. The second-order valence-corrected chi connectivity index (χ2v) is 4.74. The van der Waals surface area contributed by atoms with Crippen LogP contribution in [0.2, 0.25) is 0 Å². The van der Waals surface area contributed by atoms with Crippen LogP contribution in [0.4, 0.5) is 0 Å². The Kier molecular flexibility index (Phi) is 2.94. The van der Waals surface area contributed by atoms with Crippen molar-refractivity contribution in [2.75, 3.05) is 14.2 Å². The van der Waals surface area contributed by atoms with Crippen molar-refractivity contribution in [3.8, 4) is 6.07 Å². The van der Waals surface area contributed by atoms with Gasteiger partial charge in [0.1, 0.15) is 0 Å². The Labute approximate surface area is 102 Å². The summed E-state index contributed by atoms with van der Waals surface area (Å²) in [6, 6.07) is 10.5. The number of nitriles is 1. The maximum absolute atomic E-state index is 9.44. The summed E-state index contributed by atoms with van der Waals surface area (Å²) < 4.78 is 10.7. The van der Waals surface area contributed by atoms with E-state index in [9.17, 15) is 5.26 Å². The number of ether oxygens (including phenoxy) is 2.